The lowest BCUT2D eigenvalue weighted by molar-refractivity contribution is 0.0601. The molecule has 6 rings (SSSR count). The summed E-state index contributed by atoms with van der Waals surface area (Å²) in [5.41, 5.74) is 13.4. The second-order valence-corrected chi connectivity index (χ2v) is 11.1. The van der Waals surface area contributed by atoms with E-state index in [1.165, 1.54) is 80.7 Å². The molecule has 0 unspecified atom stereocenters. The smallest absolute Gasteiger partial charge is 0.337 e. The lowest BCUT2D eigenvalue weighted by Crippen LogP contribution is -2.35. The highest BCUT2D eigenvalue weighted by Gasteiger charge is 2.31. The first-order chi connectivity index (χ1) is 18.1. The minimum atomic E-state index is -0.306. The van der Waals surface area contributed by atoms with Crippen LogP contribution in [0.15, 0.2) is 36.4 Å². The number of rotatable bonds is 4. The Kier molecular flexibility index (Phi) is 6.96. The van der Waals surface area contributed by atoms with E-state index in [0.29, 0.717) is 24.6 Å². The van der Waals surface area contributed by atoms with Crippen molar-refractivity contribution in [1.82, 2.24) is 9.47 Å². The Morgan fingerprint density at radius 3 is 2.62 bits per heavy atom. The molecule has 1 aromatic heterocycles. The van der Waals surface area contributed by atoms with Gasteiger partial charge in [-0.3, -0.25) is 4.90 Å². The van der Waals surface area contributed by atoms with Gasteiger partial charge >= 0.3 is 5.97 Å². The maximum absolute atomic E-state index is 12.5. The first-order valence-corrected chi connectivity index (χ1v) is 14.1. The molecule has 1 aliphatic carbocycles. The summed E-state index contributed by atoms with van der Waals surface area (Å²) in [6.07, 6.45) is 10.1. The van der Waals surface area contributed by atoms with E-state index in [1.807, 2.05) is 12.1 Å². The zero-order valence-electron chi connectivity index (χ0n) is 22.0. The van der Waals surface area contributed by atoms with Crippen LogP contribution in [0.5, 0.6) is 5.75 Å². The van der Waals surface area contributed by atoms with Crippen molar-refractivity contribution < 1.29 is 14.3 Å². The molecule has 0 spiro atoms. The van der Waals surface area contributed by atoms with Crippen molar-refractivity contribution in [1.29, 1.82) is 0 Å². The minimum absolute atomic E-state index is 0.147. The fraction of sp³-hybridized carbons (Fsp3) is 0.516. The Bertz CT molecular complexity index is 1280. The van der Waals surface area contributed by atoms with Gasteiger partial charge in [0, 0.05) is 35.1 Å². The third-order valence-corrected chi connectivity index (χ3v) is 8.59. The highest BCUT2D eigenvalue weighted by atomic mass is 16.5. The van der Waals surface area contributed by atoms with E-state index in [2.05, 4.69) is 33.7 Å². The van der Waals surface area contributed by atoms with Crippen molar-refractivity contribution in [2.24, 2.45) is 5.73 Å². The number of para-hydroxylation sites is 1. The topological polar surface area (TPSA) is 69.7 Å². The van der Waals surface area contributed by atoms with Gasteiger partial charge in [0.2, 0.25) is 0 Å². The number of hydrogen-bond donors (Lipinski definition) is 1. The van der Waals surface area contributed by atoms with Crippen molar-refractivity contribution in [2.75, 3.05) is 26.8 Å². The predicted octanol–water partition coefficient (Wildman–Crippen LogP) is 5.85. The van der Waals surface area contributed by atoms with Gasteiger partial charge in [-0.05, 0) is 68.5 Å². The van der Waals surface area contributed by atoms with Crippen molar-refractivity contribution in [2.45, 2.75) is 76.4 Å². The molecule has 3 heterocycles. The molecule has 196 valence electrons. The number of ether oxygens (including phenoxy) is 2. The first-order valence-electron chi connectivity index (χ1n) is 14.1. The van der Waals surface area contributed by atoms with Crippen LogP contribution < -0.4 is 10.5 Å². The first kappa shape index (κ1) is 24.5. The van der Waals surface area contributed by atoms with Crippen molar-refractivity contribution in [3.63, 3.8) is 0 Å². The van der Waals surface area contributed by atoms with Gasteiger partial charge in [0.05, 0.1) is 24.4 Å². The number of methoxy groups -OCH3 is 1. The fourth-order valence-electron chi connectivity index (χ4n) is 6.81. The Morgan fingerprint density at radius 1 is 1.05 bits per heavy atom. The van der Waals surface area contributed by atoms with E-state index in [9.17, 15) is 4.79 Å². The molecule has 1 atom stereocenters. The van der Waals surface area contributed by atoms with Crippen LogP contribution in [-0.4, -0.2) is 48.3 Å². The maximum atomic E-state index is 12.5. The summed E-state index contributed by atoms with van der Waals surface area (Å²) in [5.74, 6) is 1.17. The van der Waals surface area contributed by atoms with Crippen LogP contribution in [0.3, 0.4) is 0 Å². The van der Waals surface area contributed by atoms with Gasteiger partial charge in [-0.15, -0.1) is 0 Å². The molecule has 2 aromatic carbocycles. The van der Waals surface area contributed by atoms with E-state index >= 15 is 0 Å². The van der Waals surface area contributed by atoms with Crippen LogP contribution in [0.1, 0.15) is 78.8 Å². The maximum Gasteiger partial charge on any atom is 0.337 e. The van der Waals surface area contributed by atoms with E-state index in [-0.39, 0.29) is 12.0 Å². The number of aromatic nitrogens is 1. The third-order valence-electron chi connectivity index (χ3n) is 8.59. The largest absolute Gasteiger partial charge is 0.491 e. The summed E-state index contributed by atoms with van der Waals surface area (Å²) in [6, 6.07) is 12.5. The van der Waals surface area contributed by atoms with Crippen LogP contribution in [0.4, 0.5) is 0 Å². The summed E-state index contributed by atoms with van der Waals surface area (Å²) in [7, 11) is 1.44. The number of fused-ring (bicyclic) bond motifs is 5. The lowest BCUT2D eigenvalue weighted by atomic mass is 9.81. The van der Waals surface area contributed by atoms with Crippen LogP contribution in [0.25, 0.3) is 22.2 Å². The molecule has 1 saturated heterocycles. The molecule has 6 heteroatoms. The second kappa shape index (κ2) is 10.5. The van der Waals surface area contributed by atoms with Crippen molar-refractivity contribution in [3.8, 4) is 17.0 Å². The molecule has 37 heavy (non-hydrogen) atoms. The highest BCUT2D eigenvalue weighted by molar-refractivity contribution is 5.99. The fourth-order valence-corrected chi connectivity index (χ4v) is 6.81. The monoisotopic (exact) mass is 501 g/mol. The van der Waals surface area contributed by atoms with Crippen LogP contribution in [0.2, 0.25) is 0 Å². The zero-order valence-corrected chi connectivity index (χ0v) is 22.0. The zero-order chi connectivity index (χ0) is 25.4. The normalized spacial score (nSPS) is 21.0. The molecular formula is C31H39N3O3. The van der Waals surface area contributed by atoms with E-state index in [0.717, 1.165) is 36.5 Å². The average Bonchev–Trinajstić information content (AvgIpc) is 3.24. The number of piperidine rings is 1. The summed E-state index contributed by atoms with van der Waals surface area (Å²) >= 11 is 0. The molecular weight excluding hydrogens is 462 g/mol. The molecule has 0 amide bonds. The molecule has 2 N–H and O–H groups in total. The summed E-state index contributed by atoms with van der Waals surface area (Å²) < 4.78 is 14.0. The number of nitrogens with two attached hydrogens (primary N) is 1. The van der Waals surface area contributed by atoms with E-state index < -0.39 is 0 Å². The Balaban J connectivity index is 1.57. The molecule has 1 saturated carbocycles. The molecule has 2 fully saturated rings. The van der Waals surface area contributed by atoms with Crippen LogP contribution >= 0.6 is 0 Å². The summed E-state index contributed by atoms with van der Waals surface area (Å²) in [4.78, 5) is 15.0. The predicted molar refractivity (Wildman–Crippen MR) is 147 cm³/mol. The number of hydrogen-bond acceptors (Lipinski definition) is 5. The van der Waals surface area contributed by atoms with Crippen molar-refractivity contribution >= 4 is 16.9 Å². The number of carbonyl (C=O) groups is 1. The number of benzene rings is 2. The average molecular weight is 502 g/mol. The highest BCUT2D eigenvalue weighted by Crippen LogP contribution is 2.47. The van der Waals surface area contributed by atoms with Crippen LogP contribution in [-0.2, 0) is 17.8 Å². The van der Waals surface area contributed by atoms with Gasteiger partial charge in [-0.2, -0.15) is 0 Å². The van der Waals surface area contributed by atoms with Gasteiger partial charge < -0.3 is 19.8 Å². The lowest BCUT2D eigenvalue weighted by Gasteiger charge is -2.30. The second-order valence-electron chi connectivity index (χ2n) is 11.1. The van der Waals surface area contributed by atoms with Gasteiger partial charge in [0.25, 0.3) is 0 Å². The van der Waals surface area contributed by atoms with Crippen LogP contribution in [0, 0.1) is 0 Å². The standard InChI is InChI=1S/C31H39N3O3/c1-36-31(35)22-13-14-25-27(17-22)34-19-24(32)20-37-30-23(18-33-15-6-3-7-16-33)11-8-12-26(30)29(34)28(25)21-9-4-2-5-10-21/h8,11-14,17,21,24H,2-7,9-10,15-16,18-20,32H2,1H3/t24-/m1/s1. The third kappa shape index (κ3) is 4.66. The van der Waals surface area contributed by atoms with Gasteiger partial charge in [-0.25, -0.2) is 4.79 Å². The quantitative estimate of drug-likeness (QED) is 0.454. The Morgan fingerprint density at radius 2 is 1.84 bits per heavy atom. The van der Waals surface area contributed by atoms with Gasteiger partial charge in [0.1, 0.15) is 12.4 Å². The Labute approximate surface area is 219 Å². The summed E-state index contributed by atoms with van der Waals surface area (Å²) in [6.45, 7) is 4.32. The number of carbonyl (C=O) groups excluding carboxylic acids is 1. The summed E-state index contributed by atoms with van der Waals surface area (Å²) in [5, 5.41) is 1.23. The minimum Gasteiger partial charge on any atom is -0.491 e. The molecule has 3 aromatic rings. The number of esters is 1. The number of nitrogens with zero attached hydrogens (tertiary/aromatic N) is 2. The SMILES string of the molecule is COC(=O)c1ccc2c(C3CCCCC3)c3n(c2c1)C[C@@H](N)COc1c(CN2CCCCC2)cccc1-3. The van der Waals surface area contributed by atoms with E-state index in [4.69, 9.17) is 15.2 Å². The van der Waals surface area contributed by atoms with E-state index in [1.54, 1.807) is 0 Å². The Hall–Kier alpha value is -2.83. The molecule has 0 bridgehead atoms. The molecule has 0 radical (unpaired) electrons. The van der Waals surface area contributed by atoms with Crippen molar-refractivity contribution in [3.05, 3.63) is 53.1 Å². The van der Waals surface area contributed by atoms with Gasteiger partial charge in [-0.1, -0.05) is 43.9 Å². The van der Waals surface area contributed by atoms with Gasteiger partial charge in [0.15, 0.2) is 0 Å². The molecule has 2 aliphatic heterocycles. The molecule has 3 aliphatic rings. The molecule has 6 nitrogen and oxygen atoms in total. The number of likely N-dealkylation sites (tertiary alicyclic amines) is 1.